The molecule has 0 N–H and O–H groups in total. The summed E-state index contributed by atoms with van der Waals surface area (Å²) in [6.45, 7) is 1.95. The Bertz CT molecular complexity index is 656. The van der Waals surface area contributed by atoms with E-state index in [2.05, 4.69) is 6.07 Å². The van der Waals surface area contributed by atoms with Gasteiger partial charge in [-0.05, 0) is 37.3 Å². The minimum atomic E-state index is -0.0845. The summed E-state index contributed by atoms with van der Waals surface area (Å²) in [5, 5.41) is 8.88. The first-order valence-corrected chi connectivity index (χ1v) is 5.96. The van der Waals surface area contributed by atoms with Crippen LogP contribution in [0.15, 0.2) is 48.5 Å². The molecule has 2 rings (SSSR count). The van der Waals surface area contributed by atoms with Crippen molar-refractivity contribution in [3.05, 3.63) is 65.2 Å². The van der Waals surface area contributed by atoms with E-state index in [1.165, 1.54) is 0 Å². The molecule has 0 bridgehead atoms. The highest BCUT2D eigenvalue weighted by Gasteiger charge is 2.13. The van der Waals surface area contributed by atoms with Crippen LogP contribution in [0.5, 0.6) is 0 Å². The molecule has 0 heterocycles. The minimum Gasteiger partial charge on any atom is -0.311 e. The van der Waals surface area contributed by atoms with Crippen molar-refractivity contribution in [1.29, 1.82) is 5.26 Å². The van der Waals surface area contributed by atoms with Crippen molar-refractivity contribution in [1.82, 2.24) is 0 Å². The summed E-state index contributed by atoms with van der Waals surface area (Å²) < 4.78 is 0. The molecule has 1 amide bonds. The second kappa shape index (κ2) is 5.36. The van der Waals surface area contributed by atoms with Gasteiger partial charge in [0.2, 0.25) is 0 Å². The first-order chi connectivity index (χ1) is 9.11. The van der Waals surface area contributed by atoms with E-state index in [1.807, 2.05) is 31.2 Å². The van der Waals surface area contributed by atoms with E-state index in [-0.39, 0.29) is 5.91 Å². The largest absolute Gasteiger partial charge is 0.311 e. The van der Waals surface area contributed by atoms with Crippen molar-refractivity contribution in [3.8, 4) is 6.07 Å². The molecular formula is C16H14N2O. The number of amides is 1. The van der Waals surface area contributed by atoms with E-state index in [4.69, 9.17) is 5.26 Å². The molecule has 0 aliphatic rings. The fraction of sp³-hybridized carbons (Fsp3) is 0.125. The first-order valence-electron chi connectivity index (χ1n) is 5.96. The number of hydrogen-bond acceptors (Lipinski definition) is 2. The van der Waals surface area contributed by atoms with E-state index >= 15 is 0 Å². The Hall–Kier alpha value is -2.60. The van der Waals surface area contributed by atoms with E-state index in [0.717, 1.165) is 5.56 Å². The van der Waals surface area contributed by atoms with Gasteiger partial charge in [-0.25, -0.2) is 0 Å². The Labute approximate surface area is 112 Å². The van der Waals surface area contributed by atoms with Crippen LogP contribution in [0.2, 0.25) is 0 Å². The molecule has 0 radical (unpaired) electrons. The predicted molar refractivity (Wildman–Crippen MR) is 75.1 cm³/mol. The molecule has 0 saturated heterocycles. The third-order valence-electron chi connectivity index (χ3n) is 2.93. The standard InChI is InChI=1S/C16H14N2O/c1-12-5-3-7-14(9-12)16(19)18(2)15-8-4-6-13(10-15)11-17/h3-10H,1-2H3. The van der Waals surface area contributed by atoms with Crippen LogP contribution in [0.1, 0.15) is 21.5 Å². The number of carbonyl (C=O) groups excluding carboxylic acids is 1. The molecule has 2 aromatic carbocycles. The van der Waals surface area contributed by atoms with Crippen molar-refractivity contribution in [3.63, 3.8) is 0 Å². The maximum Gasteiger partial charge on any atom is 0.258 e. The molecule has 19 heavy (non-hydrogen) atoms. The topological polar surface area (TPSA) is 44.1 Å². The number of anilines is 1. The van der Waals surface area contributed by atoms with Gasteiger partial charge in [-0.1, -0.05) is 23.8 Å². The summed E-state index contributed by atoms with van der Waals surface area (Å²) >= 11 is 0. The molecule has 0 aromatic heterocycles. The number of benzene rings is 2. The Morgan fingerprint density at radius 1 is 1.16 bits per heavy atom. The summed E-state index contributed by atoms with van der Waals surface area (Å²) in [6, 6.07) is 16.5. The van der Waals surface area contributed by atoms with Crippen LogP contribution in [0.25, 0.3) is 0 Å². The van der Waals surface area contributed by atoms with E-state index in [0.29, 0.717) is 16.8 Å². The predicted octanol–water partition coefficient (Wildman–Crippen LogP) is 3.14. The summed E-state index contributed by atoms with van der Waals surface area (Å²) in [5.74, 6) is -0.0845. The molecule has 2 aromatic rings. The van der Waals surface area contributed by atoms with Crippen molar-refractivity contribution in [2.45, 2.75) is 6.92 Å². The number of rotatable bonds is 2. The zero-order valence-corrected chi connectivity index (χ0v) is 10.9. The summed E-state index contributed by atoms with van der Waals surface area (Å²) in [7, 11) is 1.71. The maximum absolute atomic E-state index is 12.3. The smallest absolute Gasteiger partial charge is 0.258 e. The van der Waals surface area contributed by atoms with Gasteiger partial charge in [0.05, 0.1) is 11.6 Å². The second-order valence-corrected chi connectivity index (χ2v) is 4.40. The number of nitriles is 1. The molecule has 0 unspecified atom stereocenters. The lowest BCUT2D eigenvalue weighted by atomic mass is 10.1. The maximum atomic E-state index is 12.3. The quantitative estimate of drug-likeness (QED) is 0.821. The highest BCUT2D eigenvalue weighted by atomic mass is 16.2. The average Bonchev–Trinajstić information content (AvgIpc) is 2.45. The SMILES string of the molecule is Cc1cccc(C(=O)N(C)c2cccc(C#N)c2)c1. The molecule has 94 valence electrons. The average molecular weight is 250 g/mol. The fourth-order valence-electron chi connectivity index (χ4n) is 1.87. The number of aryl methyl sites for hydroxylation is 1. The van der Waals surface area contributed by atoms with Crippen LogP contribution < -0.4 is 4.90 Å². The zero-order valence-electron chi connectivity index (χ0n) is 10.9. The van der Waals surface area contributed by atoms with Crippen LogP contribution in [0.3, 0.4) is 0 Å². The van der Waals surface area contributed by atoms with Gasteiger partial charge in [-0.3, -0.25) is 4.79 Å². The van der Waals surface area contributed by atoms with E-state index < -0.39 is 0 Å². The van der Waals surface area contributed by atoms with Crippen molar-refractivity contribution < 1.29 is 4.79 Å². The van der Waals surface area contributed by atoms with Crippen molar-refractivity contribution in [2.24, 2.45) is 0 Å². The second-order valence-electron chi connectivity index (χ2n) is 4.40. The lowest BCUT2D eigenvalue weighted by Gasteiger charge is -2.17. The Morgan fingerprint density at radius 3 is 2.58 bits per heavy atom. The summed E-state index contributed by atoms with van der Waals surface area (Å²) in [5.41, 5.74) is 2.95. The van der Waals surface area contributed by atoms with Gasteiger partial charge in [-0.2, -0.15) is 5.26 Å². The normalized spacial score (nSPS) is 9.74. The molecule has 0 saturated carbocycles. The summed E-state index contributed by atoms with van der Waals surface area (Å²) in [6.07, 6.45) is 0. The van der Waals surface area contributed by atoms with Gasteiger partial charge in [-0.15, -0.1) is 0 Å². The molecule has 0 aliphatic heterocycles. The first kappa shape index (κ1) is 12.8. The minimum absolute atomic E-state index is 0.0845. The molecular weight excluding hydrogens is 236 g/mol. The molecule has 0 aliphatic carbocycles. The number of hydrogen-bond donors (Lipinski definition) is 0. The van der Waals surface area contributed by atoms with Gasteiger partial charge in [0.15, 0.2) is 0 Å². The monoisotopic (exact) mass is 250 g/mol. The molecule has 3 heteroatoms. The highest BCUT2D eigenvalue weighted by molar-refractivity contribution is 6.05. The van der Waals surface area contributed by atoms with Crippen molar-refractivity contribution in [2.75, 3.05) is 11.9 Å². The molecule has 3 nitrogen and oxygen atoms in total. The zero-order chi connectivity index (χ0) is 13.8. The van der Waals surface area contributed by atoms with Gasteiger partial charge in [0.25, 0.3) is 5.91 Å². The van der Waals surface area contributed by atoms with Crippen molar-refractivity contribution >= 4 is 11.6 Å². The Morgan fingerprint density at radius 2 is 1.89 bits per heavy atom. The summed E-state index contributed by atoms with van der Waals surface area (Å²) in [4.78, 5) is 13.9. The van der Waals surface area contributed by atoms with Crippen LogP contribution in [0.4, 0.5) is 5.69 Å². The Kier molecular flexibility index (Phi) is 3.63. The van der Waals surface area contributed by atoms with Gasteiger partial charge in [0.1, 0.15) is 0 Å². The van der Waals surface area contributed by atoms with Crippen LogP contribution >= 0.6 is 0 Å². The molecule has 0 spiro atoms. The fourth-order valence-corrected chi connectivity index (χ4v) is 1.87. The van der Waals surface area contributed by atoms with Gasteiger partial charge >= 0.3 is 0 Å². The van der Waals surface area contributed by atoms with Crippen LogP contribution in [-0.4, -0.2) is 13.0 Å². The molecule has 0 atom stereocenters. The third kappa shape index (κ3) is 2.80. The lowest BCUT2D eigenvalue weighted by molar-refractivity contribution is 0.0993. The lowest BCUT2D eigenvalue weighted by Crippen LogP contribution is -2.26. The van der Waals surface area contributed by atoms with E-state index in [1.54, 1.807) is 36.2 Å². The highest BCUT2D eigenvalue weighted by Crippen LogP contribution is 2.17. The third-order valence-corrected chi connectivity index (χ3v) is 2.93. The number of carbonyl (C=O) groups is 1. The van der Waals surface area contributed by atoms with Gasteiger partial charge in [0, 0.05) is 18.3 Å². The molecule has 0 fully saturated rings. The number of nitrogens with zero attached hydrogens (tertiary/aromatic N) is 2. The van der Waals surface area contributed by atoms with Gasteiger partial charge < -0.3 is 4.90 Å². The van der Waals surface area contributed by atoms with Crippen LogP contribution in [0, 0.1) is 18.3 Å². The van der Waals surface area contributed by atoms with E-state index in [9.17, 15) is 4.79 Å². The Balaban J connectivity index is 2.31. The van der Waals surface area contributed by atoms with Crippen LogP contribution in [-0.2, 0) is 0 Å².